The molecular formula is C11H20N2. The van der Waals surface area contributed by atoms with E-state index in [1.54, 1.807) is 0 Å². The first-order valence-corrected chi connectivity index (χ1v) is 5.29. The lowest BCUT2D eigenvalue weighted by molar-refractivity contribution is 0.0494. The van der Waals surface area contributed by atoms with Crippen LogP contribution in [0.1, 0.15) is 6.42 Å². The van der Waals surface area contributed by atoms with Crippen LogP contribution in [0.3, 0.4) is 0 Å². The molecule has 2 heteroatoms. The molecule has 0 aliphatic carbocycles. The smallest absolute Gasteiger partial charge is 0.0160 e. The first kappa shape index (κ1) is 9.22. The van der Waals surface area contributed by atoms with E-state index >= 15 is 0 Å². The summed E-state index contributed by atoms with van der Waals surface area (Å²) in [5.74, 6) is 1.83. The van der Waals surface area contributed by atoms with E-state index in [2.05, 4.69) is 23.4 Å². The maximum atomic E-state index is 3.81. The Kier molecular flexibility index (Phi) is 2.70. The van der Waals surface area contributed by atoms with Gasteiger partial charge in [0, 0.05) is 32.7 Å². The van der Waals surface area contributed by atoms with Gasteiger partial charge in [0.2, 0.25) is 0 Å². The predicted octanol–water partition coefficient (Wildman–Crippen LogP) is 1.06. The van der Waals surface area contributed by atoms with Gasteiger partial charge in [0.25, 0.3) is 0 Å². The van der Waals surface area contributed by atoms with Gasteiger partial charge in [0.15, 0.2) is 0 Å². The summed E-state index contributed by atoms with van der Waals surface area (Å²) >= 11 is 0. The molecule has 2 unspecified atom stereocenters. The van der Waals surface area contributed by atoms with E-state index in [1.165, 1.54) is 32.6 Å². The summed E-state index contributed by atoms with van der Waals surface area (Å²) in [5, 5.41) is 0. The van der Waals surface area contributed by atoms with Gasteiger partial charge >= 0.3 is 0 Å². The normalized spacial score (nSPS) is 36.1. The third-order valence-corrected chi connectivity index (χ3v) is 3.23. The van der Waals surface area contributed by atoms with E-state index < -0.39 is 0 Å². The van der Waals surface area contributed by atoms with E-state index in [1.807, 2.05) is 6.08 Å². The molecule has 2 saturated heterocycles. The topological polar surface area (TPSA) is 6.48 Å². The predicted molar refractivity (Wildman–Crippen MR) is 55.7 cm³/mol. The lowest BCUT2D eigenvalue weighted by Crippen LogP contribution is -2.51. The molecule has 0 aromatic carbocycles. The van der Waals surface area contributed by atoms with Crippen molar-refractivity contribution < 1.29 is 0 Å². The van der Waals surface area contributed by atoms with Gasteiger partial charge in [-0.05, 0) is 25.3 Å². The number of hydrogen-bond donors (Lipinski definition) is 0. The third-order valence-electron chi connectivity index (χ3n) is 3.23. The van der Waals surface area contributed by atoms with Crippen molar-refractivity contribution in [1.82, 2.24) is 9.80 Å². The largest absolute Gasteiger partial charge is 0.306 e. The molecule has 2 rings (SSSR count). The summed E-state index contributed by atoms with van der Waals surface area (Å²) in [5.41, 5.74) is 0. The molecule has 0 amide bonds. The molecule has 2 heterocycles. The van der Waals surface area contributed by atoms with Gasteiger partial charge in [-0.15, -0.1) is 6.58 Å². The van der Waals surface area contributed by atoms with Crippen molar-refractivity contribution in [2.75, 3.05) is 39.8 Å². The summed E-state index contributed by atoms with van der Waals surface area (Å²) in [6.45, 7) is 10.1. The van der Waals surface area contributed by atoms with Crippen LogP contribution in [0.2, 0.25) is 0 Å². The van der Waals surface area contributed by atoms with E-state index in [0.717, 1.165) is 18.4 Å². The van der Waals surface area contributed by atoms with Gasteiger partial charge in [-0.2, -0.15) is 0 Å². The van der Waals surface area contributed by atoms with Crippen LogP contribution in [0.25, 0.3) is 0 Å². The second-order valence-corrected chi connectivity index (χ2v) is 4.70. The Balaban J connectivity index is 1.93. The summed E-state index contributed by atoms with van der Waals surface area (Å²) in [6, 6.07) is 0. The molecule has 2 aliphatic rings. The highest BCUT2D eigenvalue weighted by molar-refractivity contribution is 4.88. The van der Waals surface area contributed by atoms with Gasteiger partial charge in [-0.25, -0.2) is 0 Å². The zero-order valence-corrected chi connectivity index (χ0v) is 8.58. The van der Waals surface area contributed by atoms with Crippen molar-refractivity contribution in [2.45, 2.75) is 6.42 Å². The number of rotatable bonds is 2. The minimum absolute atomic E-state index is 0.914. The molecular weight excluding hydrogens is 160 g/mol. The van der Waals surface area contributed by atoms with E-state index in [0.29, 0.717) is 0 Å². The summed E-state index contributed by atoms with van der Waals surface area (Å²) in [6.07, 6.45) is 3.49. The molecule has 0 radical (unpaired) electrons. The van der Waals surface area contributed by atoms with Gasteiger partial charge in [0.1, 0.15) is 0 Å². The molecule has 0 aromatic heterocycles. The summed E-state index contributed by atoms with van der Waals surface area (Å²) < 4.78 is 0. The highest BCUT2D eigenvalue weighted by Gasteiger charge is 2.31. The number of nitrogens with zero attached hydrogens (tertiary/aromatic N) is 2. The Bertz CT molecular complexity index is 173. The van der Waals surface area contributed by atoms with Gasteiger partial charge in [0.05, 0.1) is 0 Å². The molecule has 2 fully saturated rings. The summed E-state index contributed by atoms with van der Waals surface area (Å²) in [4.78, 5) is 5.04. The maximum Gasteiger partial charge on any atom is 0.0160 e. The Morgan fingerprint density at radius 1 is 1.23 bits per heavy atom. The van der Waals surface area contributed by atoms with E-state index in [-0.39, 0.29) is 0 Å². The second-order valence-electron chi connectivity index (χ2n) is 4.70. The first-order valence-electron chi connectivity index (χ1n) is 5.29. The van der Waals surface area contributed by atoms with Crippen molar-refractivity contribution in [3.05, 3.63) is 12.7 Å². The minimum atomic E-state index is 0.914. The van der Waals surface area contributed by atoms with Gasteiger partial charge in [-0.1, -0.05) is 6.08 Å². The molecule has 2 aliphatic heterocycles. The van der Waals surface area contributed by atoms with Crippen molar-refractivity contribution in [1.29, 1.82) is 0 Å². The quantitative estimate of drug-likeness (QED) is 0.586. The van der Waals surface area contributed by atoms with Crippen LogP contribution in [0.15, 0.2) is 12.7 Å². The highest BCUT2D eigenvalue weighted by Crippen LogP contribution is 2.27. The molecule has 0 N–H and O–H groups in total. The Hall–Kier alpha value is -0.340. The highest BCUT2D eigenvalue weighted by atomic mass is 15.2. The SMILES string of the molecule is C=CCN1CC2CC(CN(C)C2)C1. The van der Waals surface area contributed by atoms with Crippen LogP contribution in [0.4, 0.5) is 0 Å². The number of piperidine rings is 2. The van der Waals surface area contributed by atoms with Crippen LogP contribution in [0, 0.1) is 11.8 Å². The second kappa shape index (κ2) is 3.81. The number of fused-ring (bicyclic) bond motifs is 2. The third kappa shape index (κ3) is 2.12. The lowest BCUT2D eigenvalue weighted by Gasteiger charge is -2.44. The molecule has 2 nitrogen and oxygen atoms in total. The zero-order valence-electron chi connectivity index (χ0n) is 8.58. The van der Waals surface area contributed by atoms with Crippen LogP contribution < -0.4 is 0 Å². The lowest BCUT2D eigenvalue weighted by atomic mass is 9.85. The van der Waals surface area contributed by atoms with Crippen LogP contribution in [-0.2, 0) is 0 Å². The average molecular weight is 180 g/mol. The summed E-state index contributed by atoms with van der Waals surface area (Å²) in [7, 11) is 2.25. The van der Waals surface area contributed by atoms with Crippen molar-refractivity contribution in [3.63, 3.8) is 0 Å². The van der Waals surface area contributed by atoms with Crippen molar-refractivity contribution in [2.24, 2.45) is 11.8 Å². The van der Waals surface area contributed by atoms with Crippen LogP contribution >= 0.6 is 0 Å². The van der Waals surface area contributed by atoms with Crippen molar-refractivity contribution in [3.8, 4) is 0 Å². The van der Waals surface area contributed by atoms with E-state index in [4.69, 9.17) is 0 Å². The maximum absolute atomic E-state index is 3.81. The fraction of sp³-hybridized carbons (Fsp3) is 0.818. The van der Waals surface area contributed by atoms with Crippen molar-refractivity contribution >= 4 is 0 Å². The average Bonchev–Trinajstić information content (AvgIpc) is 2.01. The minimum Gasteiger partial charge on any atom is -0.306 e. The number of hydrogen-bond acceptors (Lipinski definition) is 2. The Morgan fingerprint density at radius 2 is 1.85 bits per heavy atom. The Labute approximate surface area is 81.2 Å². The Morgan fingerprint density at radius 3 is 2.38 bits per heavy atom. The molecule has 13 heavy (non-hydrogen) atoms. The first-order chi connectivity index (χ1) is 6.28. The molecule has 74 valence electrons. The fourth-order valence-corrected chi connectivity index (χ4v) is 2.98. The van der Waals surface area contributed by atoms with E-state index in [9.17, 15) is 0 Å². The van der Waals surface area contributed by atoms with Gasteiger partial charge in [-0.3, -0.25) is 4.90 Å². The zero-order chi connectivity index (χ0) is 9.26. The standard InChI is InChI=1S/C11H20N2/c1-3-4-13-8-10-5-11(9-13)7-12(2)6-10/h3,10-11H,1,4-9H2,2H3. The molecule has 0 aromatic rings. The van der Waals surface area contributed by atoms with Gasteiger partial charge < -0.3 is 4.90 Å². The van der Waals surface area contributed by atoms with Crippen LogP contribution in [-0.4, -0.2) is 49.6 Å². The monoisotopic (exact) mass is 180 g/mol. The fourth-order valence-electron chi connectivity index (χ4n) is 2.98. The molecule has 0 spiro atoms. The molecule has 0 saturated carbocycles. The molecule has 2 atom stereocenters. The molecule has 2 bridgehead atoms. The number of likely N-dealkylation sites (tertiary alicyclic amines) is 2. The van der Waals surface area contributed by atoms with Crippen LogP contribution in [0.5, 0.6) is 0 Å².